The van der Waals surface area contributed by atoms with E-state index in [1.165, 1.54) is 6.20 Å². The second kappa shape index (κ2) is 8.14. The number of rotatable bonds is 3. The van der Waals surface area contributed by atoms with E-state index in [9.17, 15) is 9.59 Å². The van der Waals surface area contributed by atoms with Gasteiger partial charge in [-0.2, -0.15) is 0 Å². The van der Waals surface area contributed by atoms with Gasteiger partial charge in [-0.15, -0.1) is 0 Å². The van der Waals surface area contributed by atoms with Crippen LogP contribution >= 0.6 is 11.6 Å². The Morgan fingerprint density at radius 2 is 1.69 bits per heavy atom. The van der Waals surface area contributed by atoms with Crippen molar-refractivity contribution in [3.63, 3.8) is 0 Å². The summed E-state index contributed by atoms with van der Waals surface area (Å²) >= 11 is 6.13. The number of benzene rings is 1. The van der Waals surface area contributed by atoms with E-state index in [4.69, 9.17) is 17.3 Å². The molecule has 4 rings (SSSR count). The van der Waals surface area contributed by atoms with Crippen LogP contribution in [0.15, 0.2) is 24.4 Å². The molecular formula is C21H24ClFN4O2. The molecule has 0 radical (unpaired) electrons. The lowest BCUT2D eigenvalue weighted by Crippen LogP contribution is -2.47. The van der Waals surface area contributed by atoms with Crippen LogP contribution in [0.3, 0.4) is 0 Å². The number of piperidine rings is 2. The Hall–Kier alpha value is -2.41. The largest absolute Gasteiger partial charge is 0.369 e. The standard InChI is InChI=1S/C21H24ClFN4O2/c22-16-3-8-25-19-15(16)1-2-17(18(19)23)26-9-6-14(7-10-26)21(29)27-11-4-13(5-12-27)20(24)28/h1-3,8,13-14H,4-7,9-12H2,(H2,24,28). The molecule has 154 valence electrons. The lowest BCUT2D eigenvalue weighted by atomic mass is 9.91. The van der Waals surface area contributed by atoms with Crippen molar-refractivity contribution in [1.82, 2.24) is 9.88 Å². The summed E-state index contributed by atoms with van der Waals surface area (Å²) in [6.45, 7) is 2.38. The Morgan fingerprint density at radius 1 is 1.03 bits per heavy atom. The number of carbonyl (C=O) groups excluding carboxylic acids is 2. The van der Waals surface area contributed by atoms with Gasteiger partial charge in [-0.1, -0.05) is 11.6 Å². The highest BCUT2D eigenvalue weighted by Crippen LogP contribution is 2.32. The topological polar surface area (TPSA) is 79.5 Å². The van der Waals surface area contributed by atoms with Gasteiger partial charge in [0.15, 0.2) is 5.82 Å². The quantitative estimate of drug-likeness (QED) is 0.831. The van der Waals surface area contributed by atoms with Gasteiger partial charge in [0, 0.05) is 49.6 Å². The number of hydrogen-bond donors (Lipinski definition) is 1. The number of primary amides is 1. The molecule has 29 heavy (non-hydrogen) atoms. The Morgan fingerprint density at radius 3 is 2.34 bits per heavy atom. The van der Waals surface area contributed by atoms with E-state index in [2.05, 4.69) is 4.98 Å². The van der Waals surface area contributed by atoms with E-state index in [-0.39, 0.29) is 35.0 Å². The van der Waals surface area contributed by atoms with Gasteiger partial charge in [0.05, 0.1) is 10.7 Å². The monoisotopic (exact) mass is 418 g/mol. The summed E-state index contributed by atoms with van der Waals surface area (Å²) in [7, 11) is 0. The number of anilines is 1. The number of hydrogen-bond acceptors (Lipinski definition) is 4. The number of fused-ring (bicyclic) bond motifs is 1. The Balaban J connectivity index is 1.40. The summed E-state index contributed by atoms with van der Waals surface area (Å²) in [5.74, 6) is -0.701. The second-order valence-corrected chi connectivity index (χ2v) is 8.26. The molecule has 0 bridgehead atoms. The first-order valence-electron chi connectivity index (χ1n) is 10.0. The highest BCUT2D eigenvalue weighted by molar-refractivity contribution is 6.35. The summed E-state index contributed by atoms with van der Waals surface area (Å²) in [5, 5.41) is 1.07. The van der Waals surface area contributed by atoms with Gasteiger partial charge in [0.25, 0.3) is 0 Å². The van der Waals surface area contributed by atoms with Gasteiger partial charge in [-0.05, 0) is 43.9 Å². The van der Waals surface area contributed by atoms with Gasteiger partial charge >= 0.3 is 0 Å². The fraction of sp³-hybridized carbons (Fsp3) is 0.476. The maximum absolute atomic E-state index is 15.0. The SMILES string of the molecule is NC(=O)C1CCN(C(=O)C2CCN(c3ccc4c(Cl)ccnc4c3F)CC2)CC1. The smallest absolute Gasteiger partial charge is 0.225 e. The van der Waals surface area contributed by atoms with Crippen molar-refractivity contribution in [2.24, 2.45) is 17.6 Å². The molecule has 0 unspecified atom stereocenters. The lowest BCUT2D eigenvalue weighted by Gasteiger charge is -2.37. The fourth-order valence-electron chi connectivity index (χ4n) is 4.39. The van der Waals surface area contributed by atoms with Crippen LogP contribution in [0.2, 0.25) is 5.02 Å². The van der Waals surface area contributed by atoms with E-state index in [0.717, 1.165) is 0 Å². The third-order valence-electron chi connectivity index (χ3n) is 6.17. The Bertz CT molecular complexity index is 938. The molecule has 1 aromatic carbocycles. The third-order valence-corrected chi connectivity index (χ3v) is 6.50. The predicted molar refractivity (Wildman–Crippen MR) is 110 cm³/mol. The molecule has 1 aromatic heterocycles. The zero-order valence-electron chi connectivity index (χ0n) is 16.1. The van der Waals surface area contributed by atoms with Crippen LogP contribution in [0, 0.1) is 17.7 Å². The molecule has 0 spiro atoms. The Kier molecular flexibility index (Phi) is 5.58. The molecule has 2 saturated heterocycles. The van der Waals surface area contributed by atoms with E-state index >= 15 is 4.39 Å². The number of aromatic nitrogens is 1. The van der Waals surface area contributed by atoms with Gasteiger partial charge < -0.3 is 15.5 Å². The molecule has 0 aliphatic carbocycles. The molecule has 0 atom stereocenters. The van der Waals surface area contributed by atoms with Crippen LogP contribution in [0.25, 0.3) is 10.9 Å². The van der Waals surface area contributed by atoms with E-state index < -0.39 is 0 Å². The number of nitrogens with zero attached hydrogens (tertiary/aromatic N) is 3. The third kappa shape index (κ3) is 3.88. The first kappa shape index (κ1) is 19.9. The molecule has 0 saturated carbocycles. The first-order valence-corrected chi connectivity index (χ1v) is 10.4. The molecule has 3 heterocycles. The highest BCUT2D eigenvalue weighted by Gasteiger charge is 2.32. The molecule has 6 nitrogen and oxygen atoms in total. The van der Waals surface area contributed by atoms with Crippen molar-refractivity contribution >= 4 is 40.0 Å². The van der Waals surface area contributed by atoms with Crippen molar-refractivity contribution in [2.75, 3.05) is 31.1 Å². The molecule has 2 aromatic rings. The second-order valence-electron chi connectivity index (χ2n) is 7.85. The zero-order chi connectivity index (χ0) is 20.5. The lowest BCUT2D eigenvalue weighted by molar-refractivity contribution is -0.139. The molecule has 2 aliphatic heterocycles. The summed E-state index contributed by atoms with van der Waals surface area (Å²) in [4.78, 5) is 32.1. The average Bonchev–Trinajstić information content (AvgIpc) is 2.74. The van der Waals surface area contributed by atoms with Crippen LogP contribution in [-0.4, -0.2) is 47.9 Å². The van der Waals surface area contributed by atoms with Crippen molar-refractivity contribution < 1.29 is 14.0 Å². The molecule has 2 amide bonds. The van der Waals surface area contributed by atoms with Crippen LogP contribution in [-0.2, 0) is 9.59 Å². The van der Waals surface area contributed by atoms with Crippen LogP contribution in [0.1, 0.15) is 25.7 Å². The minimum atomic E-state index is -0.372. The summed E-state index contributed by atoms with van der Waals surface area (Å²) in [6.07, 6.45) is 4.13. The number of nitrogens with two attached hydrogens (primary N) is 1. The van der Waals surface area contributed by atoms with Crippen LogP contribution in [0.4, 0.5) is 10.1 Å². The normalized spacial score (nSPS) is 19.0. The maximum Gasteiger partial charge on any atom is 0.225 e. The van der Waals surface area contributed by atoms with Crippen LogP contribution in [0.5, 0.6) is 0 Å². The number of pyridine rings is 1. The molecular weight excluding hydrogens is 395 g/mol. The van der Waals surface area contributed by atoms with E-state index in [1.807, 2.05) is 9.80 Å². The van der Waals surface area contributed by atoms with Crippen molar-refractivity contribution in [1.29, 1.82) is 0 Å². The number of likely N-dealkylation sites (tertiary alicyclic amines) is 1. The van der Waals surface area contributed by atoms with Gasteiger partial charge in [-0.3, -0.25) is 14.6 Å². The molecule has 8 heteroatoms. The maximum atomic E-state index is 15.0. The fourth-order valence-corrected chi connectivity index (χ4v) is 4.60. The minimum absolute atomic E-state index is 0.0625. The summed E-state index contributed by atoms with van der Waals surface area (Å²) in [5.41, 5.74) is 6.14. The highest BCUT2D eigenvalue weighted by atomic mass is 35.5. The number of halogens is 2. The van der Waals surface area contributed by atoms with Crippen molar-refractivity contribution in [3.8, 4) is 0 Å². The van der Waals surface area contributed by atoms with Crippen molar-refractivity contribution in [2.45, 2.75) is 25.7 Å². The average molecular weight is 419 g/mol. The predicted octanol–water partition coefficient (Wildman–Crippen LogP) is 2.97. The van der Waals surface area contributed by atoms with Gasteiger partial charge in [-0.25, -0.2) is 4.39 Å². The minimum Gasteiger partial charge on any atom is -0.369 e. The number of amides is 2. The van der Waals surface area contributed by atoms with E-state index in [0.29, 0.717) is 68.0 Å². The molecule has 2 aliphatic rings. The van der Waals surface area contributed by atoms with Gasteiger partial charge in [0.2, 0.25) is 11.8 Å². The van der Waals surface area contributed by atoms with Crippen LogP contribution < -0.4 is 10.6 Å². The van der Waals surface area contributed by atoms with E-state index in [1.54, 1.807) is 18.2 Å². The van der Waals surface area contributed by atoms with Gasteiger partial charge in [0.1, 0.15) is 5.52 Å². The summed E-state index contributed by atoms with van der Waals surface area (Å²) in [6, 6.07) is 5.18. The molecule has 2 N–H and O–H groups in total. The Labute approximate surface area is 173 Å². The summed E-state index contributed by atoms with van der Waals surface area (Å²) < 4.78 is 15.0. The zero-order valence-corrected chi connectivity index (χ0v) is 16.9. The molecule has 2 fully saturated rings. The van der Waals surface area contributed by atoms with Crippen molar-refractivity contribution in [3.05, 3.63) is 35.2 Å². The first-order chi connectivity index (χ1) is 14.0. The number of carbonyl (C=O) groups is 2.